The normalized spacial score (nSPS) is 13.0. The Morgan fingerprint density at radius 1 is 0.844 bits per heavy atom. The van der Waals surface area contributed by atoms with Crippen LogP contribution in [0.4, 0.5) is 0 Å². The first kappa shape index (κ1) is 31.8. The number of hydroxylamine groups is 2. The van der Waals surface area contributed by atoms with Crippen molar-refractivity contribution in [3.8, 4) is 22.4 Å². The van der Waals surface area contributed by atoms with Gasteiger partial charge in [-0.3, -0.25) is 9.59 Å². The van der Waals surface area contributed by atoms with Crippen molar-refractivity contribution < 1.29 is 40.8 Å². The highest BCUT2D eigenvalue weighted by Gasteiger charge is 2.32. The fourth-order valence-electron chi connectivity index (χ4n) is 5.17. The summed E-state index contributed by atoms with van der Waals surface area (Å²) < 4.78 is 11.4. The van der Waals surface area contributed by atoms with Crippen LogP contribution < -0.4 is 21.5 Å². The molecule has 5 aromatic rings. The molecule has 9 nitrogen and oxygen atoms in total. The molecule has 0 unspecified atom stereocenters. The lowest BCUT2D eigenvalue weighted by molar-refractivity contribution is -0.697. The summed E-state index contributed by atoms with van der Waals surface area (Å²) in [7, 11) is 0. The second kappa shape index (κ2) is 14.9. The molecule has 4 heterocycles. The number of carbonyl (C=O) groups is 3. The number of hydrogen-bond donors (Lipinski definition) is 0. The second-order valence-corrected chi connectivity index (χ2v) is 11.0. The lowest BCUT2D eigenvalue weighted by atomic mass is 9.99. The fourth-order valence-corrected chi connectivity index (χ4v) is 5.72. The van der Waals surface area contributed by atoms with Crippen molar-refractivity contribution in [2.45, 2.75) is 45.1 Å². The summed E-state index contributed by atoms with van der Waals surface area (Å²) in [4.78, 5) is 45.3. The molecule has 0 atom stereocenters. The number of amides is 2. The first-order valence-corrected chi connectivity index (χ1v) is 15.3. The summed E-state index contributed by atoms with van der Waals surface area (Å²) in [6, 6.07) is 24.3. The highest BCUT2D eigenvalue weighted by atomic mass is 79.9. The van der Waals surface area contributed by atoms with Gasteiger partial charge in [-0.25, -0.2) is 14.3 Å². The molecule has 0 saturated carbocycles. The van der Waals surface area contributed by atoms with Crippen molar-refractivity contribution in [3.05, 3.63) is 96.4 Å². The van der Waals surface area contributed by atoms with Crippen molar-refractivity contribution in [1.82, 2.24) is 18.8 Å². The van der Waals surface area contributed by atoms with Gasteiger partial charge in [0.15, 0.2) is 12.4 Å². The van der Waals surface area contributed by atoms with Gasteiger partial charge in [-0.1, -0.05) is 60.7 Å². The van der Waals surface area contributed by atoms with Gasteiger partial charge in [0.2, 0.25) is 0 Å². The number of aromatic nitrogens is 4. The molecular formula is C34H30BrN5O4S. The molecule has 1 aliphatic rings. The summed E-state index contributed by atoms with van der Waals surface area (Å²) in [5.41, 5.74) is 7.24. The van der Waals surface area contributed by atoms with Crippen LogP contribution in [0, 0.1) is 0 Å². The van der Waals surface area contributed by atoms with Gasteiger partial charge in [-0.15, -0.1) is 5.06 Å². The molecule has 1 saturated heterocycles. The van der Waals surface area contributed by atoms with Crippen LogP contribution in [0.25, 0.3) is 45.6 Å². The van der Waals surface area contributed by atoms with E-state index in [9.17, 15) is 14.4 Å². The summed E-state index contributed by atoms with van der Waals surface area (Å²) in [5.74, 6) is -1.48. The van der Waals surface area contributed by atoms with E-state index in [1.165, 1.54) is 11.7 Å². The highest BCUT2D eigenvalue weighted by molar-refractivity contribution is 7.00. The number of hydrogen-bond acceptors (Lipinski definition) is 8. The van der Waals surface area contributed by atoms with Crippen molar-refractivity contribution in [1.29, 1.82) is 0 Å². The Labute approximate surface area is 275 Å². The smallest absolute Gasteiger partial charge is 0.333 e. The average Bonchev–Trinajstić information content (AvgIpc) is 3.67. The molecule has 0 N–H and O–H groups in total. The lowest BCUT2D eigenvalue weighted by Crippen LogP contribution is -3.00. The van der Waals surface area contributed by atoms with Crippen LogP contribution in [0.2, 0.25) is 0 Å². The standard InChI is InChI=1S/C34H30N5O4S.BrH/c40-28-19-20-29(41)39(28)43-30(42)16-8-3-9-21-38-22-10-11-24(23-38)17-18-27-31(25-12-4-1-5-13-25)33-34(37-44-36-33)32(35-27)26-14-6-2-7-15-26;/h1-2,4-7,10-15,17-18,22-23H,3,8-9,16,19-21H2;1H/q+1;/p-1/b18-17+;. The number of aryl methyl sites for hydroxylation is 1. The van der Waals surface area contributed by atoms with Crippen LogP contribution in [-0.4, -0.2) is 36.6 Å². The predicted molar refractivity (Wildman–Crippen MR) is 167 cm³/mol. The Balaban J connectivity index is 0.00000400. The number of carbonyl (C=O) groups excluding carboxylic acids is 3. The van der Waals surface area contributed by atoms with E-state index in [0.29, 0.717) is 11.5 Å². The Morgan fingerprint density at radius 3 is 2.27 bits per heavy atom. The van der Waals surface area contributed by atoms with E-state index in [0.717, 1.165) is 64.1 Å². The van der Waals surface area contributed by atoms with E-state index >= 15 is 0 Å². The van der Waals surface area contributed by atoms with Crippen LogP contribution in [0.3, 0.4) is 0 Å². The van der Waals surface area contributed by atoms with E-state index in [2.05, 4.69) is 33.3 Å². The number of rotatable bonds is 11. The maximum atomic E-state index is 12.0. The molecule has 6 rings (SSSR count). The predicted octanol–water partition coefficient (Wildman–Crippen LogP) is 3.05. The third-order valence-corrected chi connectivity index (χ3v) is 7.89. The number of pyridine rings is 2. The average molecular weight is 685 g/mol. The minimum atomic E-state index is -0.557. The monoisotopic (exact) mass is 683 g/mol. The molecule has 0 bridgehead atoms. The SMILES string of the molecule is O=C(CCCCC[n+]1cccc(/C=C/c2nc(-c3ccccc3)c3nsnc3c2-c2ccccc2)c1)ON1C(=O)CCC1=O.[Br-]. The van der Waals surface area contributed by atoms with E-state index in [1.807, 2.05) is 72.9 Å². The zero-order valence-corrected chi connectivity index (χ0v) is 26.7. The molecule has 3 aromatic heterocycles. The number of fused-ring (bicyclic) bond motifs is 1. The largest absolute Gasteiger partial charge is 1.00 e. The molecule has 2 aromatic carbocycles. The molecule has 45 heavy (non-hydrogen) atoms. The quantitative estimate of drug-likeness (QED) is 0.120. The number of halogens is 1. The van der Waals surface area contributed by atoms with E-state index in [4.69, 9.17) is 14.2 Å². The van der Waals surface area contributed by atoms with E-state index in [-0.39, 0.29) is 36.2 Å². The van der Waals surface area contributed by atoms with Gasteiger partial charge in [-0.2, -0.15) is 8.75 Å². The first-order chi connectivity index (χ1) is 21.6. The van der Waals surface area contributed by atoms with Crippen molar-refractivity contribution in [2.75, 3.05) is 0 Å². The van der Waals surface area contributed by atoms with Crippen LogP contribution in [0.1, 0.15) is 49.8 Å². The molecule has 1 aliphatic heterocycles. The number of benzene rings is 2. The zero-order chi connectivity index (χ0) is 30.3. The van der Waals surface area contributed by atoms with Crippen LogP contribution in [-0.2, 0) is 25.8 Å². The molecule has 0 spiro atoms. The minimum Gasteiger partial charge on any atom is -1.00 e. The maximum Gasteiger partial charge on any atom is 0.333 e. The van der Waals surface area contributed by atoms with Crippen molar-refractivity contribution in [2.24, 2.45) is 0 Å². The molecule has 0 radical (unpaired) electrons. The van der Waals surface area contributed by atoms with Crippen molar-refractivity contribution in [3.63, 3.8) is 0 Å². The van der Waals surface area contributed by atoms with Gasteiger partial charge in [0.1, 0.15) is 17.6 Å². The Hall–Kier alpha value is -4.61. The fraction of sp³-hybridized carbons (Fsp3) is 0.206. The molecule has 228 valence electrons. The molecule has 1 fully saturated rings. The Bertz CT molecular complexity index is 1830. The zero-order valence-electron chi connectivity index (χ0n) is 24.3. The Kier molecular flexibility index (Phi) is 10.5. The second-order valence-electron chi connectivity index (χ2n) is 10.5. The third-order valence-electron chi connectivity index (χ3n) is 7.36. The van der Waals surface area contributed by atoms with Crippen molar-refractivity contribution >= 4 is 52.7 Å². The molecule has 0 aliphatic carbocycles. The van der Waals surface area contributed by atoms with Crippen LogP contribution in [0.15, 0.2) is 85.2 Å². The Morgan fingerprint density at radius 2 is 1.53 bits per heavy atom. The molecule has 2 amide bonds. The number of imide groups is 1. The van der Waals surface area contributed by atoms with E-state index in [1.54, 1.807) is 0 Å². The van der Waals surface area contributed by atoms with Gasteiger partial charge in [-0.05, 0) is 36.6 Å². The van der Waals surface area contributed by atoms with Gasteiger partial charge < -0.3 is 21.8 Å². The maximum absolute atomic E-state index is 12.0. The molecule has 11 heteroatoms. The van der Waals surface area contributed by atoms with Gasteiger partial charge in [0.25, 0.3) is 11.8 Å². The number of unbranched alkanes of at least 4 members (excludes halogenated alkanes) is 2. The van der Waals surface area contributed by atoms with Crippen LogP contribution in [0.5, 0.6) is 0 Å². The lowest BCUT2D eigenvalue weighted by Gasteiger charge is -2.12. The highest BCUT2D eigenvalue weighted by Crippen LogP contribution is 2.36. The summed E-state index contributed by atoms with van der Waals surface area (Å²) in [5, 5.41) is 0.601. The van der Waals surface area contributed by atoms with Gasteiger partial charge in [0, 0.05) is 48.4 Å². The summed E-state index contributed by atoms with van der Waals surface area (Å²) in [6.07, 6.45) is 10.8. The number of nitrogens with zero attached hydrogens (tertiary/aromatic N) is 5. The summed E-state index contributed by atoms with van der Waals surface area (Å²) in [6.45, 7) is 0.780. The first-order valence-electron chi connectivity index (χ1n) is 14.6. The van der Waals surface area contributed by atoms with Gasteiger partial charge >= 0.3 is 5.97 Å². The third kappa shape index (κ3) is 7.55. The van der Waals surface area contributed by atoms with Crippen LogP contribution >= 0.6 is 11.7 Å². The minimum absolute atomic E-state index is 0. The van der Waals surface area contributed by atoms with E-state index < -0.39 is 17.8 Å². The van der Waals surface area contributed by atoms with Gasteiger partial charge in [0.05, 0.1) is 23.1 Å². The topological polar surface area (TPSA) is 106 Å². The molecular weight excluding hydrogens is 654 g/mol. The summed E-state index contributed by atoms with van der Waals surface area (Å²) >= 11 is 1.19.